The maximum atomic E-state index is 14.6. The number of para-hydroxylation sites is 1. The number of methoxy groups -OCH3 is 2. The van der Waals surface area contributed by atoms with Crippen LogP contribution in [0.2, 0.25) is 0 Å². The zero-order valence-electron chi connectivity index (χ0n) is 24.2. The number of carbonyl (C=O) groups excluding carboxylic acids is 2. The highest BCUT2D eigenvalue weighted by molar-refractivity contribution is 6.19. The van der Waals surface area contributed by atoms with E-state index in [-0.39, 0.29) is 29.1 Å². The molecular formula is C34H29FN4O4. The molecule has 1 aromatic heterocycles. The number of hydrogen-bond acceptors (Lipinski definition) is 6. The lowest BCUT2D eigenvalue weighted by Crippen LogP contribution is -2.43. The minimum atomic E-state index is -0.650. The van der Waals surface area contributed by atoms with E-state index >= 15 is 0 Å². The normalized spacial score (nSPS) is 14.3. The standard InChI is InChI=1S/C34H29FN4O4/c1-21-10-12-24(18-29(21)35)32-25(20-39(37-32)26-8-6-5-7-9-26)17-27-22(2)28(19-36)34(41)38(33(27)40)15-14-23-11-13-30(42-3)31(16-23)43-4/h5-13,16-18,20H,14-15H2,1-4H3/b27-17+. The number of carbonyl (C=O) groups is 2. The van der Waals surface area contributed by atoms with Crippen LogP contribution in [0, 0.1) is 24.1 Å². The van der Waals surface area contributed by atoms with Gasteiger partial charge in [-0.05, 0) is 73.4 Å². The second-order valence-corrected chi connectivity index (χ2v) is 10.0. The zero-order valence-corrected chi connectivity index (χ0v) is 24.2. The lowest BCUT2D eigenvalue weighted by atomic mass is 9.93. The van der Waals surface area contributed by atoms with Crippen molar-refractivity contribution < 1.29 is 23.5 Å². The van der Waals surface area contributed by atoms with Gasteiger partial charge in [0.2, 0.25) is 0 Å². The van der Waals surface area contributed by atoms with E-state index < -0.39 is 11.8 Å². The molecule has 4 aromatic rings. The Morgan fingerprint density at radius 3 is 2.37 bits per heavy atom. The van der Waals surface area contributed by atoms with Gasteiger partial charge in [0.25, 0.3) is 11.8 Å². The van der Waals surface area contributed by atoms with Crippen molar-refractivity contribution in [3.63, 3.8) is 0 Å². The van der Waals surface area contributed by atoms with Gasteiger partial charge in [0.1, 0.15) is 23.2 Å². The van der Waals surface area contributed by atoms with E-state index in [1.807, 2.05) is 42.5 Å². The van der Waals surface area contributed by atoms with Crippen molar-refractivity contribution in [1.29, 1.82) is 5.26 Å². The van der Waals surface area contributed by atoms with Gasteiger partial charge in [-0.15, -0.1) is 0 Å². The maximum absolute atomic E-state index is 14.6. The van der Waals surface area contributed by atoms with Crippen molar-refractivity contribution in [3.05, 3.63) is 112 Å². The number of aryl methyl sites for hydroxylation is 1. The van der Waals surface area contributed by atoms with Gasteiger partial charge < -0.3 is 9.47 Å². The zero-order chi connectivity index (χ0) is 30.7. The number of nitrogens with zero attached hydrogens (tertiary/aromatic N) is 4. The topological polar surface area (TPSA) is 97.5 Å². The largest absolute Gasteiger partial charge is 0.493 e. The lowest BCUT2D eigenvalue weighted by Gasteiger charge is -2.27. The van der Waals surface area contributed by atoms with Crippen LogP contribution in [0.4, 0.5) is 4.39 Å². The highest BCUT2D eigenvalue weighted by atomic mass is 19.1. The molecule has 2 amide bonds. The molecular weight excluding hydrogens is 547 g/mol. The van der Waals surface area contributed by atoms with E-state index in [1.54, 1.807) is 62.2 Å². The van der Waals surface area contributed by atoms with Crippen molar-refractivity contribution in [1.82, 2.24) is 14.7 Å². The number of ether oxygens (including phenoxy) is 2. The number of halogens is 1. The smallest absolute Gasteiger partial charge is 0.271 e. The van der Waals surface area contributed by atoms with Crippen LogP contribution < -0.4 is 9.47 Å². The predicted molar refractivity (Wildman–Crippen MR) is 160 cm³/mol. The molecule has 9 heteroatoms. The lowest BCUT2D eigenvalue weighted by molar-refractivity contribution is -0.140. The number of benzene rings is 3. The Morgan fingerprint density at radius 2 is 1.70 bits per heavy atom. The molecule has 0 atom stereocenters. The molecule has 0 bridgehead atoms. The molecule has 0 saturated carbocycles. The number of nitriles is 1. The monoisotopic (exact) mass is 576 g/mol. The molecule has 1 aliphatic heterocycles. The van der Waals surface area contributed by atoms with Gasteiger partial charge in [-0.25, -0.2) is 9.07 Å². The molecule has 3 aromatic carbocycles. The first-order valence-electron chi connectivity index (χ1n) is 13.6. The molecule has 0 saturated heterocycles. The quantitative estimate of drug-likeness (QED) is 0.193. The van der Waals surface area contributed by atoms with Crippen molar-refractivity contribution in [2.45, 2.75) is 20.3 Å². The molecule has 0 aliphatic carbocycles. The van der Waals surface area contributed by atoms with Gasteiger partial charge in [0.05, 0.1) is 19.9 Å². The number of aromatic nitrogens is 2. The molecule has 5 rings (SSSR count). The SMILES string of the molecule is COc1ccc(CCN2C(=O)C(C#N)=C(C)/C(=C\c3cn(-c4ccccc4)nc3-c3ccc(C)c(F)c3)C2=O)cc1OC. The van der Waals surface area contributed by atoms with Gasteiger partial charge in [-0.2, -0.15) is 10.4 Å². The Labute approximate surface area is 248 Å². The molecule has 0 fully saturated rings. The minimum absolute atomic E-state index is 0.0439. The Bertz CT molecular complexity index is 1830. The van der Waals surface area contributed by atoms with Crippen molar-refractivity contribution in [3.8, 4) is 34.5 Å². The maximum Gasteiger partial charge on any atom is 0.271 e. The fraction of sp³-hybridized carbons (Fsp3) is 0.176. The molecule has 0 N–H and O–H groups in total. The summed E-state index contributed by atoms with van der Waals surface area (Å²) in [5.74, 6) is -0.471. The Morgan fingerprint density at radius 1 is 0.953 bits per heavy atom. The molecule has 1 aliphatic rings. The van der Waals surface area contributed by atoms with Gasteiger partial charge in [-0.1, -0.05) is 36.4 Å². The molecule has 216 valence electrons. The van der Waals surface area contributed by atoms with Gasteiger partial charge in [-0.3, -0.25) is 14.5 Å². The highest BCUT2D eigenvalue weighted by Crippen LogP contribution is 2.32. The van der Waals surface area contributed by atoms with Crippen LogP contribution in [0.3, 0.4) is 0 Å². The number of imide groups is 1. The summed E-state index contributed by atoms with van der Waals surface area (Å²) >= 11 is 0. The van der Waals surface area contributed by atoms with E-state index in [0.29, 0.717) is 40.3 Å². The van der Waals surface area contributed by atoms with Crippen LogP contribution in [0.15, 0.2) is 89.6 Å². The molecule has 8 nitrogen and oxygen atoms in total. The van der Waals surface area contributed by atoms with Crippen LogP contribution in [-0.4, -0.2) is 47.3 Å². The van der Waals surface area contributed by atoms with E-state index in [9.17, 15) is 19.2 Å². The van der Waals surface area contributed by atoms with Crippen LogP contribution >= 0.6 is 0 Å². The summed E-state index contributed by atoms with van der Waals surface area (Å²) in [7, 11) is 3.07. The molecule has 2 heterocycles. The third-order valence-corrected chi connectivity index (χ3v) is 7.41. The van der Waals surface area contributed by atoms with Crippen molar-refractivity contribution in [2.24, 2.45) is 0 Å². The van der Waals surface area contributed by atoms with Crippen LogP contribution in [0.25, 0.3) is 23.0 Å². The fourth-order valence-electron chi connectivity index (χ4n) is 4.94. The molecule has 43 heavy (non-hydrogen) atoms. The van der Waals surface area contributed by atoms with Gasteiger partial charge in [0.15, 0.2) is 11.5 Å². The third kappa shape index (κ3) is 5.68. The Kier molecular flexibility index (Phi) is 8.21. The predicted octanol–water partition coefficient (Wildman–Crippen LogP) is 5.84. The van der Waals surface area contributed by atoms with Gasteiger partial charge >= 0.3 is 0 Å². The molecule has 0 unspecified atom stereocenters. The Hall–Kier alpha value is -5.49. The second-order valence-electron chi connectivity index (χ2n) is 10.0. The summed E-state index contributed by atoms with van der Waals surface area (Å²) < 4.78 is 26.9. The first kappa shape index (κ1) is 29.0. The summed E-state index contributed by atoms with van der Waals surface area (Å²) in [5.41, 5.74) is 3.93. The average Bonchev–Trinajstić information content (AvgIpc) is 3.45. The van der Waals surface area contributed by atoms with E-state index in [1.165, 1.54) is 13.2 Å². The van der Waals surface area contributed by atoms with E-state index in [0.717, 1.165) is 16.2 Å². The molecule has 0 spiro atoms. The second kappa shape index (κ2) is 12.2. The van der Waals surface area contributed by atoms with E-state index in [4.69, 9.17) is 14.6 Å². The summed E-state index contributed by atoms with van der Waals surface area (Å²) in [5, 5.41) is 14.6. The third-order valence-electron chi connectivity index (χ3n) is 7.41. The Balaban J connectivity index is 1.57. The number of rotatable bonds is 8. The van der Waals surface area contributed by atoms with E-state index in [2.05, 4.69) is 0 Å². The van der Waals surface area contributed by atoms with Crippen LogP contribution in [-0.2, 0) is 16.0 Å². The number of amides is 2. The fourth-order valence-corrected chi connectivity index (χ4v) is 4.94. The van der Waals surface area contributed by atoms with Crippen LogP contribution in [0.1, 0.15) is 23.6 Å². The summed E-state index contributed by atoms with van der Waals surface area (Å²) in [6.45, 7) is 3.30. The minimum Gasteiger partial charge on any atom is -0.493 e. The van der Waals surface area contributed by atoms with Crippen molar-refractivity contribution in [2.75, 3.05) is 20.8 Å². The molecule has 0 radical (unpaired) electrons. The summed E-state index contributed by atoms with van der Waals surface area (Å²) in [6, 6.07) is 21.6. The first-order valence-corrected chi connectivity index (χ1v) is 13.6. The average molecular weight is 577 g/mol. The van der Waals surface area contributed by atoms with Crippen LogP contribution in [0.5, 0.6) is 11.5 Å². The first-order chi connectivity index (χ1) is 20.7. The van der Waals surface area contributed by atoms with Gasteiger partial charge in [0, 0.05) is 29.4 Å². The number of hydrogen-bond donors (Lipinski definition) is 0. The summed E-state index contributed by atoms with van der Waals surface area (Å²) in [6.07, 6.45) is 3.69. The van der Waals surface area contributed by atoms with Crippen molar-refractivity contribution >= 4 is 17.9 Å². The summed E-state index contributed by atoms with van der Waals surface area (Å²) in [4.78, 5) is 28.2. The highest BCUT2D eigenvalue weighted by Gasteiger charge is 2.35.